The first-order chi connectivity index (χ1) is 6.27. The van der Waals surface area contributed by atoms with E-state index in [1.54, 1.807) is 0 Å². The highest BCUT2D eigenvalue weighted by molar-refractivity contribution is 4.72. The lowest BCUT2D eigenvalue weighted by molar-refractivity contribution is -0.946. The third-order valence-electron chi connectivity index (χ3n) is 4.58. The standard InChI is InChI=1S/C12H24N/c1-3-12-7-6-11(2)13(10-12)8-4-5-9-13/h11-12H,3-10H2,1-2H3/q+1. The van der Waals surface area contributed by atoms with Crippen molar-refractivity contribution in [1.82, 2.24) is 0 Å². The molecule has 1 heteroatoms. The van der Waals surface area contributed by atoms with E-state index in [-0.39, 0.29) is 0 Å². The van der Waals surface area contributed by atoms with Crippen LogP contribution >= 0.6 is 0 Å². The van der Waals surface area contributed by atoms with Crippen LogP contribution < -0.4 is 0 Å². The van der Waals surface area contributed by atoms with Crippen LogP contribution in [0.2, 0.25) is 0 Å². The van der Waals surface area contributed by atoms with Gasteiger partial charge < -0.3 is 4.48 Å². The van der Waals surface area contributed by atoms with E-state index in [0.717, 1.165) is 12.0 Å². The van der Waals surface area contributed by atoms with Crippen molar-refractivity contribution in [2.75, 3.05) is 19.6 Å². The van der Waals surface area contributed by atoms with E-state index in [4.69, 9.17) is 0 Å². The summed E-state index contributed by atoms with van der Waals surface area (Å²) < 4.78 is 1.48. The molecule has 0 bridgehead atoms. The summed E-state index contributed by atoms with van der Waals surface area (Å²) in [4.78, 5) is 0. The maximum atomic E-state index is 2.48. The molecular weight excluding hydrogens is 158 g/mol. The lowest BCUT2D eigenvalue weighted by atomic mass is 9.89. The molecule has 0 radical (unpaired) electrons. The number of rotatable bonds is 1. The van der Waals surface area contributed by atoms with Gasteiger partial charge in [0.1, 0.15) is 0 Å². The smallest absolute Gasteiger partial charge is 0.0862 e. The van der Waals surface area contributed by atoms with E-state index in [0.29, 0.717) is 0 Å². The first-order valence-corrected chi connectivity index (χ1v) is 6.12. The Labute approximate surface area is 82.7 Å². The van der Waals surface area contributed by atoms with Crippen molar-refractivity contribution in [3.8, 4) is 0 Å². The van der Waals surface area contributed by atoms with Crippen LogP contribution in [0.25, 0.3) is 0 Å². The minimum Gasteiger partial charge on any atom is -0.321 e. The van der Waals surface area contributed by atoms with Gasteiger partial charge in [0, 0.05) is 18.8 Å². The SMILES string of the molecule is CCC1CCC(C)[N+]2(CCCC2)C1. The van der Waals surface area contributed by atoms with Gasteiger partial charge in [0.25, 0.3) is 0 Å². The van der Waals surface area contributed by atoms with E-state index in [1.807, 2.05) is 0 Å². The Bertz CT molecular complexity index is 170. The van der Waals surface area contributed by atoms with E-state index < -0.39 is 0 Å². The highest BCUT2D eigenvalue weighted by Crippen LogP contribution is 2.34. The van der Waals surface area contributed by atoms with Gasteiger partial charge in [-0.2, -0.15) is 0 Å². The molecule has 2 aliphatic rings. The molecule has 13 heavy (non-hydrogen) atoms. The molecule has 0 saturated carbocycles. The Morgan fingerprint density at radius 3 is 2.46 bits per heavy atom. The fraction of sp³-hybridized carbons (Fsp3) is 1.00. The van der Waals surface area contributed by atoms with Crippen molar-refractivity contribution in [2.24, 2.45) is 5.92 Å². The van der Waals surface area contributed by atoms with Crippen LogP contribution in [0.15, 0.2) is 0 Å². The molecule has 0 aromatic carbocycles. The summed E-state index contributed by atoms with van der Waals surface area (Å²) in [6.07, 6.45) is 7.37. The van der Waals surface area contributed by atoms with Crippen molar-refractivity contribution < 1.29 is 4.48 Å². The van der Waals surface area contributed by atoms with Crippen molar-refractivity contribution in [1.29, 1.82) is 0 Å². The molecule has 0 aromatic rings. The van der Waals surface area contributed by atoms with Gasteiger partial charge in [-0.15, -0.1) is 0 Å². The summed E-state index contributed by atoms with van der Waals surface area (Å²) in [6.45, 7) is 9.32. The molecule has 1 spiro atoms. The van der Waals surface area contributed by atoms with Gasteiger partial charge in [-0.3, -0.25) is 0 Å². The molecule has 0 aromatic heterocycles. The van der Waals surface area contributed by atoms with E-state index in [9.17, 15) is 0 Å². The van der Waals surface area contributed by atoms with Crippen LogP contribution in [-0.4, -0.2) is 30.2 Å². The van der Waals surface area contributed by atoms with Crippen molar-refractivity contribution in [2.45, 2.75) is 52.0 Å². The molecule has 2 saturated heterocycles. The molecular formula is C12H24N+. The fourth-order valence-corrected chi connectivity index (χ4v) is 3.46. The average molecular weight is 182 g/mol. The first-order valence-electron chi connectivity index (χ1n) is 6.12. The van der Waals surface area contributed by atoms with E-state index in [1.165, 1.54) is 56.2 Å². The van der Waals surface area contributed by atoms with Gasteiger partial charge in [0.2, 0.25) is 0 Å². The summed E-state index contributed by atoms with van der Waals surface area (Å²) in [5.41, 5.74) is 0. The molecule has 2 unspecified atom stereocenters. The van der Waals surface area contributed by atoms with Crippen LogP contribution in [0.5, 0.6) is 0 Å². The first kappa shape index (κ1) is 9.51. The van der Waals surface area contributed by atoms with Gasteiger partial charge >= 0.3 is 0 Å². The summed E-state index contributed by atoms with van der Waals surface area (Å²) in [6, 6.07) is 0.963. The molecule has 2 fully saturated rings. The maximum absolute atomic E-state index is 2.48. The Morgan fingerprint density at radius 2 is 1.85 bits per heavy atom. The Balaban J connectivity index is 2.05. The predicted molar refractivity (Wildman–Crippen MR) is 56.6 cm³/mol. The zero-order valence-electron chi connectivity index (χ0n) is 9.26. The lowest BCUT2D eigenvalue weighted by Crippen LogP contribution is -2.57. The van der Waals surface area contributed by atoms with Gasteiger partial charge in [0.15, 0.2) is 0 Å². The molecule has 2 rings (SSSR count). The van der Waals surface area contributed by atoms with Crippen LogP contribution in [0.3, 0.4) is 0 Å². The zero-order valence-corrected chi connectivity index (χ0v) is 9.26. The van der Waals surface area contributed by atoms with Gasteiger partial charge in [-0.25, -0.2) is 0 Å². The van der Waals surface area contributed by atoms with Crippen molar-refractivity contribution >= 4 is 0 Å². The van der Waals surface area contributed by atoms with Crippen molar-refractivity contribution in [3.63, 3.8) is 0 Å². The number of quaternary nitrogens is 1. The summed E-state index contributed by atoms with van der Waals surface area (Å²) in [5, 5.41) is 0. The molecule has 0 aliphatic carbocycles. The molecule has 2 atom stereocenters. The highest BCUT2D eigenvalue weighted by Gasteiger charge is 2.41. The summed E-state index contributed by atoms with van der Waals surface area (Å²) in [7, 11) is 0. The molecule has 2 heterocycles. The van der Waals surface area contributed by atoms with Crippen molar-refractivity contribution in [3.05, 3.63) is 0 Å². The minimum atomic E-state index is 0.963. The maximum Gasteiger partial charge on any atom is 0.0862 e. The second-order valence-corrected chi connectivity index (χ2v) is 5.26. The summed E-state index contributed by atoms with van der Waals surface area (Å²) in [5.74, 6) is 1.04. The molecule has 2 aliphatic heterocycles. The lowest BCUT2D eigenvalue weighted by Gasteiger charge is -2.46. The largest absolute Gasteiger partial charge is 0.321 e. The number of hydrogen-bond donors (Lipinski definition) is 0. The summed E-state index contributed by atoms with van der Waals surface area (Å²) >= 11 is 0. The van der Waals surface area contributed by atoms with Crippen LogP contribution in [0.1, 0.15) is 46.0 Å². The second kappa shape index (κ2) is 3.61. The fourth-order valence-electron chi connectivity index (χ4n) is 3.46. The van der Waals surface area contributed by atoms with Gasteiger partial charge in [-0.1, -0.05) is 6.92 Å². The number of piperidine rings is 1. The van der Waals surface area contributed by atoms with Crippen LogP contribution in [0, 0.1) is 5.92 Å². The average Bonchev–Trinajstić information content (AvgIpc) is 2.60. The second-order valence-electron chi connectivity index (χ2n) is 5.26. The van der Waals surface area contributed by atoms with E-state index in [2.05, 4.69) is 13.8 Å². The third-order valence-corrected chi connectivity index (χ3v) is 4.58. The van der Waals surface area contributed by atoms with E-state index >= 15 is 0 Å². The zero-order chi connectivity index (χ0) is 9.31. The van der Waals surface area contributed by atoms with Gasteiger partial charge in [0.05, 0.1) is 25.7 Å². The molecule has 0 N–H and O–H groups in total. The van der Waals surface area contributed by atoms with Gasteiger partial charge in [-0.05, 0) is 26.2 Å². The Morgan fingerprint density at radius 1 is 1.15 bits per heavy atom. The predicted octanol–water partition coefficient (Wildman–Crippen LogP) is 2.81. The molecule has 1 nitrogen and oxygen atoms in total. The molecule has 76 valence electrons. The van der Waals surface area contributed by atoms with Crippen LogP contribution in [-0.2, 0) is 0 Å². The normalized spacial score (nSPS) is 38.3. The Kier molecular flexibility index (Phi) is 2.64. The third kappa shape index (κ3) is 1.63. The Hall–Kier alpha value is -0.0400. The number of nitrogens with zero attached hydrogens (tertiary/aromatic N) is 1. The monoisotopic (exact) mass is 182 g/mol. The molecule has 0 amide bonds. The topological polar surface area (TPSA) is 0 Å². The number of hydrogen-bond acceptors (Lipinski definition) is 0. The minimum absolute atomic E-state index is 0.963. The highest BCUT2D eigenvalue weighted by atomic mass is 15.4. The quantitative estimate of drug-likeness (QED) is 0.547. The van der Waals surface area contributed by atoms with Crippen LogP contribution in [0.4, 0.5) is 0 Å².